The Kier molecular flexibility index (Phi) is 5.62. The van der Waals surface area contributed by atoms with Gasteiger partial charge in [-0.05, 0) is 32.9 Å². The van der Waals surface area contributed by atoms with Gasteiger partial charge in [-0.25, -0.2) is 4.39 Å². The van der Waals surface area contributed by atoms with Crippen LogP contribution in [0.3, 0.4) is 0 Å². The second-order valence-electron chi connectivity index (χ2n) is 5.18. The first-order chi connectivity index (χ1) is 11.0. The topological polar surface area (TPSA) is 61.3 Å². The Bertz CT molecular complexity index is 672. The van der Waals surface area contributed by atoms with E-state index in [1.165, 1.54) is 24.5 Å². The lowest BCUT2D eigenvalue weighted by Gasteiger charge is -2.14. The van der Waals surface area contributed by atoms with Gasteiger partial charge in [0.25, 0.3) is 0 Å². The van der Waals surface area contributed by atoms with Crippen molar-refractivity contribution in [1.29, 1.82) is 0 Å². The Labute approximate surface area is 134 Å². The second-order valence-corrected chi connectivity index (χ2v) is 5.18. The Morgan fingerprint density at radius 3 is 2.65 bits per heavy atom. The zero-order valence-electron chi connectivity index (χ0n) is 13.4. The minimum Gasteiger partial charge on any atom is -0.490 e. The monoisotopic (exact) mass is 318 g/mol. The fourth-order valence-corrected chi connectivity index (χ4v) is 2.00. The van der Waals surface area contributed by atoms with E-state index in [9.17, 15) is 9.18 Å². The van der Waals surface area contributed by atoms with Crippen LogP contribution in [0.1, 0.15) is 26.5 Å². The van der Waals surface area contributed by atoms with E-state index in [0.717, 1.165) is 0 Å². The lowest BCUT2D eigenvalue weighted by atomic mass is 10.1. The van der Waals surface area contributed by atoms with E-state index in [1.807, 2.05) is 13.8 Å². The molecule has 2 rings (SSSR count). The molecular weight excluding hydrogens is 299 g/mol. The number of carbonyl (C=O) groups is 1. The van der Waals surface area contributed by atoms with Gasteiger partial charge in [-0.3, -0.25) is 14.8 Å². The van der Waals surface area contributed by atoms with Crippen molar-refractivity contribution in [3.63, 3.8) is 0 Å². The molecule has 0 saturated heterocycles. The minimum absolute atomic E-state index is 0.0693. The summed E-state index contributed by atoms with van der Waals surface area (Å²) in [5.41, 5.74) is 1.71. The number of hydrogen-bond acceptors (Lipinski definition) is 5. The van der Waals surface area contributed by atoms with E-state index < -0.39 is 0 Å². The summed E-state index contributed by atoms with van der Waals surface area (Å²) < 4.78 is 23.9. The maximum atomic E-state index is 13.4. The van der Waals surface area contributed by atoms with Crippen molar-refractivity contribution in [2.75, 3.05) is 6.61 Å². The van der Waals surface area contributed by atoms with Gasteiger partial charge in [-0.15, -0.1) is 0 Å². The molecule has 0 aliphatic carbocycles. The SMILES string of the molecule is CCOC(=O)Cc1cnc(-c2ccc(F)cc2OC(C)C)cn1. The van der Waals surface area contributed by atoms with Crippen molar-refractivity contribution in [3.05, 3.63) is 42.1 Å². The molecule has 0 radical (unpaired) electrons. The van der Waals surface area contributed by atoms with E-state index in [0.29, 0.717) is 29.3 Å². The molecule has 6 heteroatoms. The molecule has 122 valence electrons. The van der Waals surface area contributed by atoms with Crippen molar-refractivity contribution in [1.82, 2.24) is 9.97 Å². The number of hydrogen-bond donors (Lipinski definition) is 0. The molecule has 5 nitrogen and oxygen atoms in total. The molecule has 0 aliphatic rings. The molecule has 0 saturated carbocycles. The minimum atomic E-state index is -0.378. The number of benzene rings is 1. The summed E-state index contributed by atoms with van der Waals surface area (Å²) in [5, 5.41) is 0. The molecule has 0 aliphatic heterocycles. The highest BCUT2D eigenvalue weighted by atomic mass is 19.1. The Morgan fingerprint density at radius 1 is 1.26 bits per heavy atom. The van der Waals surface area contributed by atoms with E-state index >= 15 is 0 Å². The first-order valence-electron chi connectivity index (χ1n) is 7.42. The maximum absolute atomic E-state index is 13.4. The van der Waals surface area contributed by atoms with Crippen molar-refractivity contribution in [3.8, 4) is 17.0 Å². The quantitative estimate of drug-likeness (QED) is 0.766. The number of halogens is 1. The van der Waals surface area contributed by atoms with E-state index in [2.05, 4.69) is 9.97 Å². The summed E-state index contributed by atoms with van der Waals surface area (Å²) in [5.74, 6) is -0.316. The van der Waals surface area contributed by atoms with Crippen LogP contribution >= 0.6 is 0 Å². The van der Waals surface area contributed by atoms with Crippen LogP contribution in [0.4, 0.5) is 4.39 Å². The fourth-order valence-electron chi connectivity index (χ4n) is 2.00. The molecule has 0 bridgehead atoms. The lowest BCUT2D eigenvalue weighted by Crippen LogP contribution is -2.09. The first kappa shape index (κ1) is 16.9. The Balaban J connectivity index is 2.23. The molecule has 0 fully saturated rings. The van der Waals surface area contributed by atoms with E-state index in [4.69, 9.17) is 9.47 Å². The predicted octanol–water partition coefficient (Wildman–Crippen LogP) is 3.18. The molecule has 0 atom stereocenters. The average molecular weight is 318 g/mol. The molecule has 0 spiro atoms. The van der Waals surface area contributed by atoms with Gasteiger partial charge in [0.1, 0.15) is 11.6 Å². The van der Waals surface area contributed by atoms with Crippen LogP contribution in [0.2, 0.25) is 0 Å². The summed E-state index contributed by atoms with van der Waals surface area (Å²) in [7, 11) is 0. The van der Waals surface area contributed by atoms with Crippen LogP contribution in [0.5, 0.6) is 5.75 Å². The maximum Gasteiger partial charge on any atom is 0.311 e. The summed E-state index contributed by atoms with van der Waals surface area (Å²) >= 11 is 0. The van der Waals surface area contributed by atoms with Crippen LogP contribution < -0.4 is 4.74 Å². The highest BCUT2D eigenvalue weighted by Gasteiger charge is 2.12. The predicted molar refractivity (Wildman–Crippen MR) is 83.5 cm³/mol. The van der Waals surface area contributed by atoms with Gasteiger partial charge < -0.3 is 9.47 Å². The summed E-state index contributed by atoms with van der Waals surface area (Å²) in [4.78, 5) is 19.9. The molecule has 1 aromatic heterocycles. The van der Waals surface area contributed by atoms with Gasteiger partial charge in [0.2, 0.25) is 0 Å². The van der Waals surface area contributed by atoms with E-state index in [1.54, 1.807) is 13.0 Å². The third-order valence-electron chi connectivity index (χ3n) is 2.92. The smallest absolute Gasteiger partial charge is 0.311 e. The van der Waals surface area contributed by atoms with Gasteiger partial charge >= 0.3 is 5.97 Å². The summed E-state index contributed by atoms with van der Waals surface area (Å²) in [6, 6.07) is 4.27. The lowest BCUT2D eigenvalue weighted by molar-refractivity contribution is -0.142. The van der Waals surface area contributed by atoms with Crippen molar-refractivity contribution in [2.24, 2.45) is 0 Å². The standard InChI is InChI=1S/C17H19FN2O3/c1-4-22-17(21)8-13-9-20-15(10-19-13)14-6-5-12(18)7-16(14)23-11(2)3/h5-7,9-11H,4,8H2,1-3H3. The zero-order valence-corrected chi connectivity index (χ0v) is 13.4. The van der Waals surface area contributed by atoms with Crippen LogP contribution in [-0.4, -0.2) is 28.6 Å². The molecule has 1 heterocycles. The van der Waals surface area contributed by atoms with Gasteiger partial charge in [0.15, 0.2) is 0 Å². The van der Waals surface area contributed by atoms with Crippen molar-refractivity contribution >= 4 is 5.97 Å². The Morgan fingerprint density at radius 2 is 2.04 bits per heavy atom. The molecule has 2 aromatic rings. The molecule has 0 N–H and O–H groups in total. The first-order valence-corrected chi connectivity index (χ1v) is 7.42. The summed E-state index contributed by atoms with van der Waals surface area (Å²) in [6.45, 7) is 5.80. The molecule has 0 unspecified atom stereocenters. The van der Waals surface area contributed by atoms with Gasteiger partial charge in [-0.2, -0.15) is 0 Å². The number of aromatic nitrogens is 2. The third-order valence-corrected chi connectivity index (χ3v) is 2.92. The number of rotatable bonds is 6. The van der Waals surface area contributed by atoms with Gasteiger partial charge in [0.05, 0.1) is 36.7 Å². The second kappa shape index (κ2) is 7.67. The number of ether oxygens (including phenoxy) is 2. The largest absolute Gasteiger partial charge is 0.490 e. The fraction of sp³-hybridized carbons (Fsp3) is 0.353. The van der Waals surface area contributed by atoms with Crippen molar-refractivity contribution < 1.29 is 18.7 Å². The normalized spacial score (nSPS) is 10.7. The zero-order chi connectivity index (χ0) is 16.8. The Hall–Kier alpha value is -2.50. The highest BCUT2D eigenvalue weighted by Crippen LogP contribution is 2.29. The van der Waals surface area contributed by atoms with Crippen LogP contribution in [-0.2, 0) is 16.0 Å². The highest BCUT2D eigenvalue weighted by molar-refractivity contribution is 5.72. The molecule has 0 amide bonds. The van der Waals surface area contributed by atoms with Crippen LogP contribution in [0, 0.1) is 5.82 Å². The third kappa shape index (κ3) is 4.74. The summed E-state index contributed by atoms with van der Waals surface area (Å²) in [6.07, 6.45) is 3.02. The van der Waals surface area contributed by atoms with Gasteiger partial charge in [-0.1, -0.05) is 0 Å². The van der Waals surface area contributed by atoms with Gasteiger partial charge in [0, 0.05) is 17.8 Å². The molecular formula is C17H19FN2O3. The van der Waals surface area contributed by atoms with Crippen LogP contribution in [0.25, 0.3) is 11.3 Å². The number of nitrogens with zero attached hydrogens (tertiary/aromatic N) is 2. The average Bonchev–Trinajstić information content (AvgIpc) is 2.48. The van der Waals surface area contributed by atoms with E-state index in [-0.39, 0.29) is 24.3 Å². The van der Waals surface area contributed by atoms with Crippen LogP contribution in [0.15, 0.2) is 30.6 Å². The van der Waals surface area contributed by atoms with Crippen molar-refractivity contribution in [2.45, 2.75) is 33.3 Å². The number of esters is 1. The number of carbonyl (C=O) groups excluding carboxylic acids is 1. The molecule has 1 aromatic carbocycles. The molecule has 23 heavy (non-hydrogen) atoms.